The number of nitrogens with one attached hydrogen (secondary N) is 2. The summed E-state index contributed by atoms with van der Waals surface area (Å²) >= 11 is 0. The maximum Gasteiger partial charge on any atom is 0.416 e. The second kappa shape index (κ2) is 9.54. The van der Waals surface area contributed by atoms with Gasteiger partial charge in [0.15, 0.2) is 5.82 Å². The van der Waals surface area contributed by atoms with Crippen molar-refractivity contribution in [1.29, 1.82) is 0 Å². The topological polar surface area (TPSA) is 110 Å². The number of para-hydroxylation sites is 1. The zero-order valence-electron chi connectivity index (χ0n) is 21.7. The average molecular weight is 559 g/mol. The van der Waals surface area contributed by atoms with Crippen molar-refractivity contribution >= 4 is 29.0 Å². The van der Waals surface area contributed by atoms with Gasteiger partial charge in [-0.1, -0.05) is 6.07 Å². The maximum atomic E-state index is 15.4. The van der Waals surface area contributed by atoms with Gasteiger partial charge in [0.25, 0.3) is 0 Å². The molecule has 2 fully saturated rings. The first kappa shape index (κ1) is 26.2. The van der Waals surface area contributed by atoms with E-state index in [-0.39, 0.29) is 48.3 Å². The molecule has 2 atom stereocenters. The minimum atomic E-state index is -4.66. The Balaban J connectivity index is 1.41. The Morgan fingerprint density at radius 3 is 2.60 bits per heavy atom. The lowest BCUT2D eigenvalue weighted by atomic mass is 9.95. The predicted octanol–water partition coefficient (Wildman–Crippen LogP) is 2.76. The Hall–Kier alpha value is -4.07. The highest BCUT2D eigenvalue weighted by Gasteiger charge is 2.49. The molecule has 0 unspecified atom stereocenters. The van der Waals surface area contributed by atoms with E-state index in [9.17, 15) is 22.8 Å². The molecule has 2 amide bonds. The number of likely N-dealkylation sites (N-methyl/N-ethyl adjacent to an activating group) is 1. The summed E-state index contributed by atoms with van der Waals surface area (Å²) in [6.45, 7) is 3.09. The van der Waals surface area contributed by atoms with E-state index < -0.39 is 41.3 Å². The molecule has 210 valence electrons. The van der Waals surface area contributed by atoms with Crippen LogP contribution in [0, 0.1) is 18.7 Å². The van der Waals surface area contributed by atoms with Crippen molar-refractivity contribution in [3.05, 3.63) is 59.1 Å². The average Bonchev–Trinajstić information content (AvgIpc) is 3.43. The lowest BCUT2D eigenvalue weighted by Gasteiger charge is -2.38. The van der Waals surface area contributed by atoms with Crippen LogP contribution >= 0.6 is 0 Å². The van der Waals surface area contributed by atoms with Gasteiger partial charge in [-0.3, -0.25) is 19.6 Å². The summed E-state index contributed by atoms with van der Waals surface area (Å²) in [6.07, 6.45) is -4.79. The van der Waals surface area contributed by atoms with Crippen molar-refractivity contribution in [3.8, 4) is 0 Å². The number of hydrogen-bond acceptors (Lipinski definition) is 7. The van der Waals surface area contributed by atoms with Crippen LogP contribution in [0.3, 0.4) is 0 Å². The van der Waals surface area contributed by atoms with E-state index in [1.54, 1.807) is 11.0 Å². The van der Waals surface area contributed by atoms with Crippen molar-refractivity contribution in [2.24, 2.45) is 5.92 Å². The smallest absolute Gasteiger partial charge is 0.359 e. The number of aromatic nitrogens is 4. The van der Waals surface area contributed by atoms with Crippen LogP contribution in [0.2, 0.25) is 0 Å². The molecule has 0 saturated carbocycles. The number of hydrogen-bond donors (Lipinski definition) is 2. The highest BCUT2D eigenvalue weighted by Crippen LogP contribution is 2.41. The van der Waals surface area contributed by atoms with Gasteiger partial charge in [0.05, 0.1) is 23.5 Å². The summed E-state index contributed by atoms with van der Waals surface area (Å²) in [5.41, 5.74) is -0.486. The Labute approximate surface area is 226 Å². The van der Waals surface area contributed by atoms with Crippen LogP contribution in [0.5, 0.6) is 0 Å². The van der Waals surface area contributed by atoms with E-state index >= 15 is 4.39 Å². The zero-order valence-corrected chi connectivity index (χ0v) is 21.7. The van der Waals surface area contributed by atoms with E-state index in [2.05, 4.69) is 25.5 Å². The van der Waals surface area contributed by atoms with E-state index in [1.165, 1.54) is 31.0 Å². The molecule has 3 aliphatic rings. The minimum absolute atomic E-state index is 0.0591. The van der Waals surface area contributed by atoms with Gasteiger partial charge in [0, 0.05) is 50.6 Å². The number of aromatic amines is 1. The van der Waals surface area contributed by atoms with Gasteiger partial charge < -0.3 is 15.1 Å². The maximum absolute atomic E-state index is 15.4. The second-order valence-corrected chi connectivity index (χ2v) is 10.4. The van der Waals surface area contributed by atoms with Gasteiger partial charge in [0.1, 0.15) is 23.5 Å². The van der Waals surface area contributed by atoms with Gasteiger partial charge in [-0.25, -0.2) is 14.4 Å². The fourth-order valence-electron chi connectivity index (χ4n) is 5.62. The molecule has 14 heteroatoms. The van der Waals surface area contributed by atoms with E-state index in [4.69, 9.17) is 0 Å². The predicted molar refractivity (Wildman–Crippen MR) is 136 cm³/mol. The third-order valence-electron chi connectivity index (χ3n) is 7.68. The summed E-state index contributed by atoms with van der Waals surface area (Å²) in [7, 11) is 1.46. The minimum Gasteiger partial charge on any atom is -0.359 e. The fourth-order valence-corrected chi connectivity index (χ4v) is 5.62. The molecular formula is C26H26F4N8O2. The van der Waals surface area contributed by atoms with Gasteiger partial charge in [-0.05, 0) is 31.2 Å². The number of alkyl halides is 3. The Kier molecular flexibility index (Phi) is 6.24. The normalized spacial score (nSPS) is 21.7. The number of rotatable bonds is 4. The molecule has 2 aromatic heterocycles. The lowest BCUT2D eigenvalue weighted by molar-refractivity contribution is -0.137. The summed E-state index contributed by atoms with van der Waals surface area (Å²) in [6, 6.07) is 4.87. The number of amides is 2. The SMILES string of the molecule is Cc1cc(C(F)(F)F)cc(N2C(=O)C[C@@H]3CN(Cc4n[nH]c(C5CNC5)n4)c4c(F)cccc4N(C)C(=O)[C@H]32)n1. The van der Waals surface area contributed by atoms with E-state index in [0.717, 1.165) is 30.1 Å². The van der Waals surface area contributed by atoms with Gasteiger partial charge in [-0.15, -0.1) is 0 Å². The largest absolute Gasteiger partial charge is 0.416 e. The van der Waals surface area contributed by atoms with Crippen molar-refractivity contribution in [3.63, 3.8) is 0 Å². The van der Waals surface area contributed by atoms with Crippen molar-refractivity contribution in [2.75, 3.05) is 41.4 Å². The Morgan fingerprint density at radius 2 is 1.90 bits per heavy atom. The van der Waals surface area contributed by atoms with Crippen molar-refractivity contribution < 1.29 is 27.2 Å². The summed E-state index contributed by atoms with van der Waals surface area (Å²) in [5.74, 6) is -1.22. The third kappa shape index (κ3) is 4.45. The fraction of sp³-hybridized carbons (Fsp3) is 0.423. The molecule has 3 aliphatic heterocycles. The number of anilines is 3. The van der Waals surface area contributed by atoms with Crippen LogP contribution < -0.4 is 20.0 Å². The van der Waals surface area contributed by atoms with Crippen LogP contribution in [-0.4, -0.2) is 64.7 Å². The first-order valence-electron chi connectivity index (χ1n) is 12.8. The zero-order chi connectivity index (χ0) is 28.3. The lowest BCUT2D eigenvalue weighted by Crippen LogP contribution is -2.52. The number of carbonyl (C=O) groups is 2. The molecule has 2 saturated heterocycles. The first-order chi connectivity index (χ1) is 19.0. The van der Waals surface area contributed by atoms with Crippen LogP contribution in [0.25, 0.3) is 0 Å². The molecule has 2 N–H and O–H groups in total. The van der Waals surface area contributed by atoms with E-state index in [0.29, 0.717) is 11.6 Å². The van der Waals surface area contributed by atoms with Gasteiger partial charge in [0.2, 0.25) is 11.8 Å². The van der Waals surface area contributed by atoms with Crippen molar-refractivity contribution in [1.82, 2.24) is 25.5 Å². The van der Waals surface area contributed by atoms with Gasteiger partial charge in [-0.2, -0.15) is 18.3 Å². The standard InChI is InChI=1S/C26H26F4N8O2/c1-13-6-16(26(28,29)30)8-20(32-13)38-21(39)7-14-11-37(12-19-33-24(35-34-19)15-9-31-10-15)23-17(27)4-3-5-18(23)36(2)25(40)22(14)38/h3-6,8,14-15,22,31H,7,9-12H2,1-2H3,(H,33,34,35)/t14-,22+/m1/s1. The number of pyridine rings is 1. The molecule has 3 aromatic rings. The van der Waals surface area contributed by atoms with E-state index in [1.807, 2.05) is 0 Å². The number of carbonyl (C=O) groups excluding carboxylic acids is 2. The third-order valence-corrected chi connectivity index (χ3v) is 7.68. The number of H-pyrrole nitrogens is 1. The molecule has 6 rings (SSSR count). The molecule has 0 aliphatic carbocycles. The number of halogens is 4. The first-order valence-corrected chi connectivity index (χ1v) is 12.8. The second-order valence-electron chi connectivity index (χ2n) is 10.4. The highest BCUT2D eigenvalue weighted by atomic mass is 19.4. The number of aryl methyl sites for hydroxylation is 1. The number of benzene rings is 1. The molecular weight excluding hydrogens is 532 g/mol. The molecule has 0 radical (unpaired) electrons. The number of fused-ring (bicyclic) bond motifs is 2. The number of nitrogens with zero attached hydrogens (tertiary/aromatic N) is 6. The molecule has 5 heterocycles. The molecule has 1 aromatic carbocycles. The van der Waals surface area contributed by atoms with Crippen molar-refractivity contribution in [2.45, 2.75) is 38.0 Å². The van der Waals surface area contributed by atoms with Crippen LogP contribution in [-0.2, 0) is 22.3 Å². The monoisotopic (exact) mass is 558 g/mol. The molecule has 0 bridgehead atoms. The summed E-state index contributed by atoms with van der Waals surface area (Å²) in [4.78, 5) is 39.9. The quantitative estimate of drug-likeness (QED) is 0.474. The van der Waals surface area contributed by atoms with Gasteiger partial charge >= 0.3 is 6.18 Å². The van der Waals surface area contributed by atoms with Crippen LogP contribution in [0.4, 0.5) is 34.8 Å². The molecule has 0 spiro atoms. The Bertz CT molecular complexity index is 1490. The molecule has 10 nitrogen and oxygen atoms in total. The summed E-state index contributed by atoms with van der Waals surface area (Å²) in [5, 5.41) is 10.4. The van der Waals surface area contributed by atoms with Crippen LogP contribution in [0.1, 0.15) is 35.2 Å². The summed E-state index contributed by atoms with van der Waals surface area (Å²) < 4.78 is 56.2. The van der Waals surface area contributed by atoms with Crippen LogP contribution in [0.15, 0.2) is 30.3 Å². The highest BCUT2D eigenvalue weighted by molar-refractivity contribution is 6.10. The molecule has 40 heavy (non-hydrogen) atoms. The Morgan fingerprint density at radius 1 is 1.12 bits per heavy atom.